The van der Waals surface area contributed by atoms with Crippen LogP contribution in [0.4, 0.5) is 13.2 Å². The molecule has 1 saturated carbocycles. The highest BCUT2D eigenvalue weighted by atomic mass is 32.1. The Hall–Kier alpha value is -2.61. The lowest BCUT2D eigenvalue weighted by molar-refractivity contribution is 0.0656. The van der Waals surface area contributed by atoms with E-state index in [4.69, 9.17) is 0 Å². The number of rotatable bonds is 6. The van der Waals surface area contributed by atoms with Crippen molar-refractivity contribution < 1.29 is 18.0 Å². The number of hydrogen-bond donors (Lipinski definition) is 0. The molecule has 1 atom stereocenters. The Morgan fingerprint density at radius 1 is 1.27 bits per heavy atom. The normalized spacial score (nSPS) is 14.9. The zero-order chi connectivity index (χ0) is 21.6. The van der Waals surface area contributed by atoms with E-state index in [2.05, 4.69) is 5.10 Å². The van der Waals surface area contributed by atoms with Gasteiger partial charge in [0.25, 0.3) is 12.3 Å². The van der Waals surface area contributed by atoms with Crippen molar-refractivity contribution >= 4 is 17.2 Å². The number of thiophene rings is 1. The predicted molar refractivity (Wildman–Crippen MR) is 110 cm³/mol. The highest BCUT2D eigenvalue weighted by molar-refractivity contribution is 7.15. The molecule has 0 spiro atoms. The second-order valence-corrected chi connectivity index (χ2v) is 8.84. The topological polar surface area (TPSA) is 38.1 Å². The van der Waals surface area contributed by atoms with E-state index in [1.54, 1.807) is 16.2 Å². The Morgan fingerprint density at radius 2 is 1.93 bits per heavy atom. The van der Waals surface area contributed by atoms with Gasteiger partial charge in [0.15, 0.2) is 0 Å². The van der Waals surface area contributed by atoms with Crippen LogP contribution in [-0.2, 0) is 7.05 Å². The van der Waals surface area contributed by atoms with Crippen molar-refractivity contribution in [2.75, 3.05) is 0 Å². The maximum atomic E-state index is 14.6. The largest absolute Gasteiger partial charge is 0.329 e. The maximum absolute atomic E-state index is 14.6. The molecular formula is C22H22F3N3OS. The van der Waals surface area contributed by atoms with E-state index in [-0.39, 0.29) is 12.1 Å². The number of amides is 1. The van der Waals surface area contributed by atoms with Crippen LogP contribution in [0.1, 0.15) is 58.7 Å². The fraction of sp³-hybridized carbons (Fsp3) is 0.364. The number of aromatic nitrogens is 2. The van der Waals surface area contributed by atoms with Gasteiger partial charge in [-0.05, 0) is 43.9 Å². The minimum absolute atomic E-state index is 0.0860. The number of alkyl halides is 2. The number of benzene rings is 1. The molecule has 1 fully saturated rings. The van der Waals surface area contributed by atoms with Crippen molar-refractivity contribution in [3.05, 3.63) is 64.0 Å². The zero-order valence-corrected chi connectivity index (χ0v) is 17.7. The van der Waals surface area contributed by atoms with E-state index < -0.39 is 29.5 Å². The van der Waals surface area contributed by atoms with Gasteiger partial charge in [0.1, 0.15) is 11.3 Å². The van der Waals surface area contributed by atoms with Crippen molar-refractivity contribution in [2.24, 2.45) is 7.05 Å². The summed E-state index contributed by atoms with van der Waals surface area (Å²) in [5.41, 5.74) is 0.598. The summed E-state index contributed by atoms with van der Waals surface area (Å²) in [7, 11) is 1.22. The summed E-state index contributed by atoms with van der Waals surface area (Å²) >= 11 is 1.62. The Labute approximate surface area is 176 Å². The van der Waals surface area contributed by atoms with E-state index in [9.17, 15) is 18.0 Å². The molecule has 1 unspecified atom stereocenters. The van der Waals surface area contributed by atoms with Crippen LogP contribution in [0.5, 0.6) is 0 Å². The van der Waals surface area contributed by atoms with E-state index in [1.165, 1.54) is 7.05 Å². The first-order valence-electron chi connectivity index (χ1n) is 9.78. The van der Waals surface area contributed by atoms with Gasteiger partial charge >= 0.3 is 0 Å². The van der Waals surface area contributed by atoms with Crippen LogP contribution in [0.15, 0.2) is 36.4 Å². The highest BCUT2D eigenvalue weighted by Gasteiger charge is 2.41. The minimum Gasteiger partial charge on any atom is -0.329 e. The average Bonchev–Trinajstić information content (AvgIpc) is 3.40. The van der Waals surface area contributed by atoms with Gasteiger partial charge in [-0.2, -0.15) is 9.49 Å². The molecule has 8 heteroatoms. The average molecular weight is 433 g/mol. The lowest BCUT2D eigenvalue weighted by Gasteiger charge is -2.29. The van der Waals surface area contributed by atoms with E-state index in [1.807, 2.05) is 50.2 Å². The molecule has 0 bridgehead atoms. The van der Waals surface area contributed by atoms with Crippen molar-refractivity contribution in [2.45, 2.75) is 45.2 Å². The summed E-state index contributed by atoms with van der Waals surface area (Å²) in [6, 6.07) is 11.5. The number of halogens is 3. The summed E-state index contributed by atoms with van der Waals surface area (Å²) in [5.74, 6) is -1.75. The molecule has 4 nitrogen and oxygen atoms in total. The minimum atomic E-state index is -3.02. The molecule has 0 aliphatic heterocycles. The highest BCUT2D eigenvalue weighted by Crippen LogP contribution is 2.41. The van der Waals surface area contributed by atoms with Gasteiger partial charge < -0.3 is 4.90 Å². The molecule has 0 radical (unpaired) electrons. The molecule has 30 heavy (non-hydrogen) atoms. The number of nitrogens with zero attached hydrogens (tertiary/aromatic N) is 3. The van der Waals surface area contributed by atoms with Crippen LogP contribution >= 0.6 is 11.3 Å². The third kappa shape index (κ3) is 3.64. The smallest absolute Gasteiger partial charge is 0.283 e. The second kappa shape index (κ2) is 7.91. The lowest BCUT2D eigenvalue weighted by atomic mass is 10.0. The molecule has 2 aromatic heterocycles. The number of carbonyl (C=O) groups is 1. The Bertz CT molecular complexity index is 1070. The van der Waals surface area contributed by atoms with Crippen LogP contribution in [0.25, 0.3) is 10.4 Å². The Morgan fingerprint density at radius 3 is 2.53 bits per heavy atom. The monoisotopic (exact) mass is 433 g/mol. The summed E-state index contributed by atoms with van der Waals surface area (Å²) in [5, 5.41) is 3.53. The van der Waals surface area contributed by atoms with E-state index >= 15 is 0 Å². The van der Waals surface area contributed by atoms with Gasteiger partial charge in [-0.1, -0.05) is 30.3 Å². The van der Waals surface area contributed by atoms with Crippen molar-refractivity contribution in [1.29, 1.82) is 0 Å². The molecule has 3 aromatic rings. The standard InChI is InChI=1S/C22H22F3N3OS/c1-12(16-11-17(30-13(16)2)14-7-5-4-6-8-14)28(15-9-10-15)22(29)18-19(20(23)24)26-27(3)21(18)25/h4-8,11-12,15,20H,9-10H2,1-3H3. The van der Waals surface area contributed by atoms with Crippen molar-refractivity contribution in [1.82, 2.24) is 14.7 Å². The molecular weight excluding hydrogens is 411 g/mol. The van der Waals surface area contributed by atoms with Crippen molar-refractivity contribution in [3.63, 3.8) is 0 Å². The van der Waals surface area contributed by atoms with Crippen LogP contribution in [-0.4, -0.2) is 26.6 Å². The van der Waals surface area contributed by atoms with Gasteiger partial charge in [0.05, 0.1) is 6.04 Å². The third-order valence-corrected chi connectivity index (χ3v) is 6.60. The number of carbonyl (C=O) groups excluding carboxylic acids is 1. The molecule has 1 aromatic carbocycles. The summed E-state index contributed by atoms with van der Waals surface area (Å²) in [6.45, 7) is 3.85. The molecule has 4 rings (SSSR count). The SMILES string of the molecule is Cc1sc(-c2ccccc2)cc1C(C)N(C(=O)c1c(C(F)F)nn(C)c1F)C1CC1. The molecule has 1 aliphatic rings. The number of aryl methyl sites for hydroxylation is 2. The quantitative estimate of drug-likeness (QED) is 0.485. The first kappa shape index (κ1) is 20.7. The van der Waals surface area contributed by atoms with Gasteiger partial charge in [-0.3, -0.25) is 4.79 Å². The predicted octanol–water partition coefficient (Wildman–Crippen LogP) is 5.90. The van der Waals surface area contributed by atoms with Crippen molar-refractivity contribution in [3.8, 4) is 10.4 Å². The van der Waals surface area contributed by atoms with Gasteiger partial charge in [-0.25, -0.2) is 13.5 Å². The fourth-order valence-electron chi connectivity index (χ4n) is 3.82. The second-order valence-electron chi connectivity index (χ2n) is 7.58. The molecule has 0 saturated heterocycles. The Kier molecular flexibility index (Phi) is 5.44. The van der Waals surface area contributed by atoms with E-state index in [0.717, 1.165) is 33.7 Å². The fourth-order valence-corrected chi connectivity index (χ4v) is 4.94. The zero-order valence-electron chi connectivity index (χ0n) is 16.9. The first-order valence-corrected chi connectivity index (χ1v) is 10.6. The van der Waals surface area contributed by atoms with Gasteiger partial charge in [0, 0.05) is 22.8 Å². The Balaban J connectivity index is 1.71. The maximum Gasteiger partial charge on any atom is 0.283 e. The van der Waals surface area contributed by atoms with Crippen LogP contribution in [0.3, 0.4) is 0 Å². The summed E-state index contributed by atoms with van der Waals surface area (Å²) < 4.78 is 42.1. The van der Waals surface area contributed by atoms with Gasteiger partial charge in [0.2, 0.25) is 5.95 Å². The third-order valence-electron chi connectivity index (χ3n) is 5.48. The van der Waals surface area contributed by atoms with Crippen LogP contribution in [0.2, 0.25) is 0 Å². The van der Waals surface area contributed by atoms with Crippen LogP contribution < -0.4 is 0 Å². The van der Waals surface area contributed by atoms with Crippen LogP contribution in [0, 0.1) is 12.9 Å². The molecule has 2 heterocycles. The van der Waals surface area contributed by atoms with E-state index in [0.29, 0.717) is 4.68 Å². The van der Waals surface area contributed by atoms with Gasteiger partial charge in [-0.15, -0.1) is 11.3 Å². The molecule has 158 valence electrons. The summed E-state index contributed by atoms with van der Waals surface area (Å²) in [4.78, 5) is 17.0. The first-order chi connectivity index (χ1) is 14.3. The molecule has 1 aliphatic carbocycles. The number of hydrogen-bond acceptors (Lipinski definition) is 3. The summed E-state index contributed by atoms with van der Waals surface area (Å²) in [6.07, 6.45) is -1.48. The molecule has 1 amide bonds. The molecule has 0 N–H and O–H groups in total. The lowest BCUT2D eigenvalue weighted by Crippen LogP contribution is -2.36.